The van der Waals surface area contributed by atoms with Crippen LogP contribution in [-0.2, 0) is 4.74 Å². The van der Waals surface area contributed by atoms with Crippen molar-refractivity contribution in [1.29, 1.82) is 0 Å². The SMILES string of the molecule is CC(C)(C)OC(=O)N[C@@H]1CCNC[C@H]1CO.Cl. The van der Waals surface area contributed by atoms with Gasteiger partial charge in [-0.2, -0.15) is 0 Å². The first kappa shape index (κ1) is 16.5. The molecule has 0 aromatic rings. The Hall–Kier alpha value is -0.520. The Morgan fingerprint density at radius 3 is 2.71 bits per heavy atom. The maximum absolute atomic E-state index is 11.6. The summed E-state index contributed by atoms with van der Waals surface area (Å²) in [6.07, 6.45) is 0.419. The largest absolute Gasteiger partial charge is 0.444 e. The third kappa shape index (κ3) is 6.10. The van der Waals surface area contributed by atoms with Crippen LogP contribution in [0.2, 0.25) is 0 Å². The number of ether oxygens (including phenoxy) is 1. The van der Waals surface area contributed by atoms with Crippen LogP contribution in [0.1, 0.15) is 27.2 Å². The summed E-state index contributed by atoms with van der Waals surface area (Å²) >= 11 is 0. The van der Waals surface area contributed by atoms with Gasteiger partial charge in [-0.15, -0.1) is 12.4 Å². The van der Waals surface area contributed by atoms with Gasteiger partial charge in [0.25, 0.3) is 0 Å². The molecule has 0 unspecified atom stereocenters. The Bertz CT molecular complexity index is 243. The molecule has 1 amide bonds. The van der Waals surface area contributed by atoms with Crippen molar-refractivity contribution in [3.05, 3.63) is 0 Å². The molecule has 17 heavy (non-hydrogen) atoms. The molecule has 0 bridgehead atoms. The van der Waals surface area contributed by atoms with Crippen molar-refractivity contribution in [2.45, 2.75) is 38.8 Å². The molecule has 1 aliphatic rings. The second kappa shape index (κ2) is 7.03. The molecule has 1 fully saturated rings. The number of halogens is 1. The molecule has 1 saturated heterocycles. The van der Waals surface area contributed by atoms with Crippen LogP contribution in [0.25, 0.3) is 0 Å². The molecule has 3 N–H and O–H groups in total. The molecule has 0 radical (unpaired) electrons. The van der Waals surface area contributed by atoms with Crippen LogP contribution in [0, 0.1) is 5.92 Å². The fraction of sp³-hybridized carbons (Fsp3) is 0.909. The minimum atomic E-state index is -0.480. The second-order valence-electron chi connectivity index (χ2n) is 5.19. The standard InChI is InChI=1S/C11H22N2O3.ClH/c1-11(2,3)16-10(15)13-9-4-5-12-6-8(9)7-14;/h8-9,12,14H,4-7H2,1-3H3,(H,13,15);1H/t8-,9+;/m0./s1. The molecular formula is C11H23ClN2O3. The zero-order valence-electron chi connectivity index (χ0n) is 10.7. The van der Waals surface area contributed by atoms with E-state index in [0.717, 1.165) is 19.5 Å². The smallest absolute Gasteiger partial charge is 0.407 e. The average molecular weight is 267 g/mol. The highest BCUT2D eigenvalue weighted by Crippen LogP contribution is 2.12. The molecular weight excluding hydrogens is 244 g/mol. The van der Waals surface area contributed by atoms with Crippen molar-refractivity contribution in [3.63, 3.8) is 0 Å². The lowest BCUT2D eigenvalue weighted by Gasteiger charge is -2.32. The number of amides is 1. The number of hydrogen-bond acceptors (Lipinski definition) is 4. The minimum Gasteiger partial charge on any atom is -0.444 e. The van der Waals surface area contributed by atoms with E-state index < -0.39 is 11.7 Å². The monoisotopic (exact) mass is 266 g/mol. The quantitative estimate of drug-likeness (QED) is 0.695. The van der Waals surface area contributed by atoms with E-state index in [-0.39, 0.29) is 31.0 Å². The van der Waals surface area contributed by atoms with Gasteiger partial charge in [0.2, 0.25) is 0 Å². The first-order valence-electron chi connectivity index (χ1n) is 5.73. The molecule has 0 spiro atoms. The minimum absolute atomic E-state index is 0. The van der Waals surface area contributed by atoms with Crippen LogP contribution in [-0.4, -0.2) is 42.5 Å². The zero-order chi connectivity index (χ0) is 12.2. The van der Waals surface area contributed by atoms with E-state index >= 15 is 0 Å². The maximum Gasteiger partial charge on any atom is 0.407 e. The molecule has 5 nitrogen and oxygen atoms in total. The van der Waals surface area contributed by atoms with Gasteiger partial charge < -0.3 is 20.5 Å². The van der Waals surface area contributed by atoms with Crippen molar-refractivity contribution in [1.82, 2.24) is 10.6 Å². The molecule has 1 aliphatic heterocycles. The molecule has 1 rings (SSSR count). The molecule has 2 atom stereocenters. The van der Waals surface area contributed by atoms with Gasteiger partial charge in [0.1, 0.15) is 5.60 Å². The molecule has 1 heterocycles. The molecule has 0 aromatic heterocycles. The molecule has 6 heteroatoms. The summed E-state index contributed by atoms with van der Waals surface area (Å²) < 4.78 is 5.18. The number of aliphatic hydroxyl groups is 1. The van der Waals surface area contributed by atoms with E-state index in [2.05, 4.69) is 10.6 Å². The molecule has 102 valence electrons. The summed E-state index contributed by atoms with van der Waals surface area (Å²) in [5, 5.41) is 15.2. The summed E-state index contributed by atoms with van der Waals surface area (Å²) in [4.78, 5) is 11.6. The number of carbonyl (C=O) groups is 1. The summed E-state index contributed by atoms with van der Waals surface area (Å²) in [5.74, 6) is 0.0706. The van der Waals surface area contributed by atoms with Crippen LogP contribution in [0.4, 0.5) is 4.79 Å². The lowest BCUT2D eigenvalue weighted by atomic mass is 9.94. The van der Waals surface area contributed by atoms with Gasteiger partial charge in [0.05, 0.1) is 0 Å². The number of alkyl carbamates (subject to hydrolysis) is 1. The van der Waals surface area contributed by atoms with Gasteiger partial charge in [-0.1, -0.05) is 0 Å². The van der Waals surface area contributed by atoms with Crippen molar-refractivity contribution in [3.8, 4) is 0 Å². The first-order chi connectivity index (χ1) is 7.42. The first-order valence-corrected chi connectivity index (χ1v) is 5.73. The van der Waals surface area contributed by atoms with Gasteiger partial charge in [-0.3, -0.25) is 0 Å². The third-order valence-electron chi connectivity index (χ3n) is 2.54. The lowest BCUT2D eigenvalue weighted by molar-refractivity contribution is 0.0454. The Labute approximate surface area is 109 Å². The molecule has 0 aliphatic carbocycles. The third-order valence-corrected chi connectivity index (χ3v) is 2.54. The molecule has 0 aromatic carbocycles. The van der Waals surface area contributed by atoms with Gasteiger partial charge in [-0.25, -0.2) is 4.79 Å². The zero-order valence-corrected chi connectivity index (χ0v) is 11.5. The van der Waals surface area contributed by atoms with Crippen LogP contribution in [0.3, 0.4) is 0 Å². The normalized spacial score (nSPS) is 24.7. The highest BCUT2D eigenvalue weighted by molar-refractivity contribution is 5.85. The van der Waals surface area contributed by atoms with E-state index in [1.165, 1.54) is 0 Å². The predicted molar refractivity (Wildman–Crippen MR) is 68.5 cm³/mol. The van der Waals surface area contributed by atoms with Crippen molar-refractivity contribution in [2.75, 3.05) is 19.7 Å². The number of piperidine rings is 1. The number of hydrogen-bond donors (Lipinski definition) is 3. The van der Waals surface area contributed by atoms with E-state index in [4.69, 9.17) is 4.74 Å². The fourth-order valence-corrected chi connectivity index (χ4v) is 1.76. The predicted octanol–water partition coefficient (Wildman–Crippen LogP) is 0.903. The van der Waals surface area contributed by atoms with Crippen molar-refractivity contribution < 1.29 is 14.6 Å². The second-order valence-corrected chi connectivity index (χ2v) is 5.19. The number of aliphatic hydroxyl groups excluding tert-OH is 1. The Kier molecular flexibility index (Phi) is 6.82. The van der Waals surface area contributed by atoms with Gasteiger partial charge in [-0.05, 0) is 33.7 Å². The maximum atomic E-state index is 11.6. The van der Waals surface area contributed by atoms with Gasteiger partial charge >= 0.3 is 6.09 Å². The van der Waals surface area contributed by atoms with E-state index in [0.29, 0.717) is 0 Å². The van der Waals surface area contributed by atoms with Crippen LogP contribution >= 0.6 is 12.4 Å². The highest BCUT2D eigenvalue weighted by atomic mass is 35.5. The van der Waals surface area contributed by atoms with E-state index in [9.17, 15) is 9.90 Å². The molecule has 0 saturated carbocycles. The number of carbonyl (C=O) groups excluding carboxylic acids is 1. The highest BCUT2D eigenvalue weighted by Gasteiger charge is 2.27. The van der Waals surface area contributed by atoms with Crippen molar-refractivity contribution >= 4 is 18.5 Å². The van der Waals surface area contributed by atoms with Crippen LogP contribution in [0.5, 0.6) is 0 Å². The Morgan fingerprint density at radius 2 is 2.18 bits per heavy atom. The van der Waals surface area contributed by atoms with E-state index in [1.807, 2.05) is 20.8 Å². The van der Waals surface area contributed by atoms with Crippen LogP contribution in [0.15, 0.2) is 0 Å². The number of rotatable bonds is 2. The Balaban J connectivity index is 0.00000256. The lowest BCUT2D eigenvalue weighted by Crippen LogP contribution is -2.51. The summed E-state index contributed by atoms with van der Waals surface area (Å²) in [6, 6.07) is 0.00102. The van der Waals surface area contributed by atoms with Crippen molar-refractivity contribution in [2.24, 2.45) is 5.92 Å². The van der Waals surface area contributed by atoms with Gasteiger partial charge in [0.15, 0.2) is 0 Å². The number of nitrogens with one attached hydrogen (secondary N) is 2. The summed E-state index contributed by atoms with van der Waals surface area (Å²) in [7, 11) is 0. The average Bonchev–Trinajstić information content (AvgIpc) is 2.15. The topological polar surface area (TPSA) is 70.6 Å². The van der Waals surface area contributed by atoms with Crippen LogP contribution < -0.4 is 10.6 Å². The summed E-state index contributed by atoms with van der Waals surface area (Å²) in [6.45, 7) is 7.16. The van der Waals surface area contributed by atoms with E-state index in [1.54, 1.807) is 0 Å². The Morgan fingerprint density at radius 1 is 1.53 bits per heavy atom. The summed E-state index contributed by atoms with van der Waals surface area (Å²) in [5.41, 5.74) is -0.480. The van der Waals surface area contributed by atoms with Gasteiger partial charge in [0, 0.05) is 25.1 Å². The fourth-order valence-electron chi connectivity index (χ4n) is 1.76.